The average Bonchev–Trinajstić information content (AvgIpc) is 2.99. The number of hydrogen-bond acceptors (Lipinski definition) is 4. The summed E-state index contributed by atoms with van der Waals surface area (Å²) in [5.41, 5.74) is 3.04. The van der Waals surface area contributed by atoms with Crippen LogP contribution in [0.1, 0.15) is 17.5 Å². The van der Waals surface area contributed by atoms with Gasteiger partial charge < -0.3 is 10.6 Å². The second-order valence-electron chi connectivity index (χ2n) is 5.86. The SMILES string of the molecule is Cc1ccc(NC(=O)[C@H](C)NCCc2nc3ccccc3s2)cc1. The van der Waals surface area contributed by atoms with Crippen molar-refractivity contribution in [3.8, 4) is 0 Å². The van der Waals surface area contributed by atoms with E-state index in [9.17, 15) is 4.79 Å². The number of aryl methyl sites for hydroxylation is 1. The first kappa shape index (κ1) is 16.6. The number of carbonyl (C=O) groups is 1. The number of nitrogens with one attached hydrogen (secondary N) is 2. The number of rotatable bonds is 6. The molecule has 0 aliphatic rings. The number of amides is 1. The molecule has 0 saturated carbocycles. The average molecular weight is 339 g/mol. The summed E-state index contributed by atoms with van der Waals surface area (Å²) < 4.78 is 1.21. The molecule has 0 aliphatic carbocycles. The molecule has 0 saturated heterocycles. The van der Waals surface area contributed by atoms with Crippen molar-refractivity contribution >= 4 is 33.1 Å². The van der Waals surface area contributed by atoms with E-state index in [1.807, 2.05) is 56.3 Å². The fraction of sp³-hybridized carbons (Fsp3) is 0.263. The highest BCUT2D eigenvalue weighted by Gasteiger charge is 2.12. The summed E-state index contributed by atoms with van der Waals surface area (Å²) in [5.74, 6) is -0.0249. The van der Waals surface area contributed by atoms with Gasteiger partial charge in [-0.25, -0.2) is 4.98 Å². The summed E-state index contributed by atoms with van der Waals surface area (Å²) in [6.07, 6.45) is 0.821. The van der Waals surface area contributed by atoms with Gasteiger partial charge in [0.25, 0.3) is 0 Å². The van der Waals surface area contributed by atoms with Crippen LogP contribution in [0.25, 0.3) is 10.2 Å². The van der Waals surface area contributed by atoms with Crippen molar-refractivity contribution in [2.24, 2.45) is 0 Å². The Morgan fingerprint density at radius 3 is 2.67 bits per heavy atom. The zero-order valence-corrected chi connectivity index (χ0v) is 14.7. The van der Waals surface area contributed by atoms with E-state index >= 15 is 0 Å². The van der Waals surface area contributed by atoms with Gasteiger partial charge in [-0.3, -0.25) is 4.79 Å². The minimum atomic E-state index is -0.249. The molecule has 24 heavy (non-hydrogen) atoms. The van der Waals surface area contributed by atoms with Crippen LogP contribution >= 0.6 is 11.3 Å². The Balaban J connectivity index is 1.48. The highest BCUT2D eigenvalue weighted by atomic mass is 32.1. The highest BCUT2D eigenvalue weighted by molar-refractivity contribution is 7.18. The van der Waals surface area contributed by atoms with Gasteiger partial charge in [-0.2, -0.15) is 0 Å². The lowest BCUT2D eigenvalue weighted by atomic mass is 10.2. The van der Waals surface area contributed by atoms with E-state index in [0.29, 0.717) is 0 Å². The molecule has 0 bridgehead atoms. The third-order valence-electron chi connectivity index (χ3n) is 3.84. The molecule has 5 heteroatoms. The van der Waals surface area contributed by atoms with Crippen molar-refractivity contribution in [2.45, 2.75) is 26.3 Å². The molecule has 2 aromatic carbocycles. The van der Waals surface area contributed by atoms with Crippen molar-refractivity contribution in [1.82, 2.24) is 10.3 Å². The van der Waals surface area contributed by atoms with E-state index in [4.69, 9.17) is 0 Å². The van der Waals surface area contributed by atoms with Crippen LogP contribution in [-0.2, 0) is 11.2 Å². The minimum absolute atomic E-state index is 0.0249. The normalized spacial score (nSPS) is 12.2. The lowest BCUT2D eigenvalue weighted by molar-refractivity contribution is -0.117. The predicted octanol–water partition coefficient (Wildman–Crippen LogP) is 3.76. The van der Waals surface area contributed by atoms with Gasteiger partial charge in [-0.05, 0) is 38.1 Å². The van der Waals surface area contributed by atoms with Crippen LogP contribution in [0.4, 0.5) is 5.69 Å². The Morgan fingerprint density at radius 2 is 1.92 bits per heavy atom. The Bertz CT molecular complexity index is 793. The molecule has 0 unspecified atom stereocenters. The molecule has 0 radical (unpaired) electrons. The Morgan fingerprint density at radius 1 is 1.17 bits per heavy atom. The Hall–Kier alpha value is -2.24. The second-order valence-corrected chi connectivity index (χ2v) is 6.97. The molecule has 1 amide bonds. The molecule has 2 N–H and O–H groups in total. The third-order valence-corrected chi connectivity index (χ3v) is 4.94. The molecule has 124 valence electrons. The maximum absolute atomic E-state index is 12.2. The number of para-hydroxylation sites is 1. The molecule has 3 rings (SSSR count). The number of anilines is 1. The highest BCUT2D eigenvalue weighted by Crippen LogP contribution is 2.21. The lowest BCUT2D eigenvalue weighted by Crippen LogP contribution is -2.39. The molecule has 1 heterocycles. The first-order valence-electron chi connectivity index (χ1n) is 8.07. The number of benzene rings is 2. The molecule has 1 atom stereocenters. The van der Waals surface area contributed by atoms with E-state index in [1.54, 1.807) is 11.3 Å². The van der Waals surface area contributed by atoms with Gasteiger partial charge in [0.2, 0.25) is 5.91 Å². The smallest absolute Gasteiger partial charge is 0.241 e. The molecule has 0 aliphatic heterocycles. The van der Waals surface area contributed by atoms with Crippen LogP contribution in [0.15, 0.2) is 48.5 Å². The van der Waals surface area contributed by atoms with E-state index in [2.05, 4.69) is 21.7 Å². The van der Waals surface area contributed by atoms with Crippen molar-refractivity contribution in [2.75, 3.05) is 11.9 Å². The van der Waals surface area contributed by atoms with Crippen molar-refractivity contribution in [1.29, 1.82) is 0 Å². The molecule has 3 aromatic rings. The van der Waals surface area contributed by atoms with Gasteiger partial charge in [0.05, 0.1) is 21.3 Å². The van der Waals surface area contributed by atoms with Gasteiger partial charge in [0.15, 0.2) is 0 Å². The van der Waals surface area contributed by atoms with Crippen molar-refractivity contribution in [3.05, 3.63) is 59.1 Å². The number of hydrogen-bond donors (Lipinski definition) is 2. The molecule has 1 aromatic heterocycles. The number of fused-ring (bicyclic) bond motifs is 1. The van der Waals surface area contributed by atoms with E-state index < -0.39 is 0 Å². The van der Waals surface area contributed by atoms with Crippen molar-refractivity contribution in [3.63, 3.8) is 0 Å². The molecular formula is C19H21N3OS. The first-order chi connectivity index (χ1) is 11.6. The first-order valence-corrected chi connectivity index (χ1v) is 8.89. The van der Waals surface area contributed by atoms with Gasteiger partial charge in [-0.15, -0.1) is 11.3 Å². The monoisotopic (exact) mass is 339 g/mol. The Labute approximate surface area is 145 Å². The number of thiazole rings is 1. The lowest BCUT2D eigenvalue weighted by Gasteiger charge is -2.13. The quantitative estimate of drug-likeness (QED) is 0.719. The van der Waals surface area contributed by atoms with E-state index in [0.717, 1.165) is 29.2 Å². The molecular weight excluding hydrogens is 318 g/mol. The standard InChI is InChI=1S/C19H21N3OS/c1-13-7-9-15(10-8-13)21-19(23)14(2)20-12-11-18-22-16-5-3-4-6-17(16)24-18/h3-10,14,20H,11-12H2,1-2H3,(H,21,23)/t14-/m0/s1. The fourth-order valence-electron chi connectivity index (χ4n) is 2.40. The fourth-order valence-corrected chi connectivity index (χ4v) is 3.37. The van der Waals surface area contributed by atoms with Gasteiger partial charge in [0, 0.05) is 18.7 Å². The zero-order chi connectivity index (χ0) is 16.9. The van der Waals surface area contributed by atoms with Crippen LogP contribution in [0, 0.1) is 6.92 Å². The van der Waals surface area contributed by atoms with Crippen LogP contribution in [0.2, 0.25) is 0 Å². The summed E-state index contributed by atoms with van der Waals surface area (Å²) in [6.45, 7) is 4.63. The maximum atomic E-state index is 12.2. The molecule has 0 fully saturated rings. The van der Waals surface area contributed by atoms with Crippen LogP contribution in [0.3, 0.4) is 0 Å². The summed E-state index contributed by atoms with van der Waals surface area (Å²) >= 11 is 1.71. The summed E-state index contributed by atoms with van der Waals surface area (Å²) in [5, 5.41) is 7.28. The van der Waals surface area contributed by atoms with Crippen LogP contribution < -0.4 is 10.6 Å². The van der Waals surface area contributed by atoms with Crippen LogP contribution in [-0.4, -0.2) is 23.5 Å². The number of aromatic nitrogens is 1. The zero-order valence-electron chi connectivity index (χ0n) is 13.9. The number of carbonyl (C=O) groups excluding carboxylic acids is 1. The van der Waals surface area contributed by atoms with Gasteiger partial charge in [-0.1, -0.05) is 29.8 Å². The number of nitrogens with zero attached hydrogens (tertiary/aromatic N) is 1. The van der Waals surface area contributed by atoms with Gasteiger partial charge in [0.1, 0.15) is 0 Å². The van der Waals surface area contributed by atoms with Gasteiger partial charge >= 0.3 is 0 Å². The Kier molecular flexibility index (Phi) is 5.23. The topological polar surface area (TPSA) is 54.0 Å². The van der Waals surface area contributed by atoms with Crippen LogP contribution in [0.5, 0.6) is 0 Å². The predicted molar refractivity (Wildman–Crippen MR) is 101 cm³/mol. The summed E-state index contributed by atoms with van der Waals surface area (Å²) in [6, 6.07) is 15.7. The summed E-state index contributed by atoms with van der Waals surface area (Å²) in [4.78, 5) is 16.8. The van der Waals surface area contributed by atoms with E-state index in [-0.39, 0.29) is 11.9 Å². The summed E-state index contributed by atoms with van der Waals surface area (Å²) in [7, 11) is 0. The molecule has 4 nitrogen and oxygen atoms in total. The second kappa shape index (κ2) is 7.55. The third kappa shape index (κ3) is 4.19. The van der Waals surface area contributed by atoms with Crippen molar-refractivity contribution < 1.29 is 4.79 Å². The molecule has 0 spiro atoms. The minimum Gasteiger partial charge on any atom is -0.325 e. The largest absolute Gasteiger partial charge is 0.325 e. The maximum Gasteiger partial charge on any atom is 0.241 e. The van der Waals surface area contributed by atoms with E-state index in [1.165, 1.54) is 10.3 Å².